The third-order valence-electron chi connectivity index (χ3n) is 1.01. The van der Waals surface area contributed by atoms with Crippen molar-refractivity contribution in [2.75, 3.05) is 0 Å². The molecule has 0 bridgehead atoms. The van der Waals surface area contributed by atoms with E-state index in [-0.39, 0.29) is 0 Å². The van der Waals surface area contributed by atoms with Gasteiger partial charge in [-0.15, -0.1) is 0 Å². The molecule has 0 fully saturated rings. The van der Waals surface area contributed by atoms with Crippen LogP contribution in [0, 0.1) is 5.41 Å². The number of allylic oxidation sites excluding steroid dienone is 3. The Bertz CT molecular complexity index is 154. The largest absolute Gasteiger partial charge is 0.404 e. The van der Waals surface area contributed by atoms with Crippen LogP contribution in [0.2, 0.25) is 0 Å². The van der Waals surface area contributed by atoms with Crippen LogP contribution in [0.25, 0.3) is 0 Å². The first kappa shape index (κ1) is 7.95. The fourth-order valence-corrected chi connectivity index (χ4v) is 0.388. The Balaban J connectivity index is 4.05. The quantitative estimate of drug-likeness (QED) is 0.538. The topological polar surface area (TPSA) is 49.9 Å². The molecular formula is C7H12N2. The number of nitrogens with one attached hydrogen (secondary N) is 1. The summed E-state index contributed by atoms with van der Waals surface area (Å²) in [6.45, 7) is 3.68. The van der Waals surface area contributed by atoms with Gasteiger partial charge in [0.05, 0.1) is 5.71 Å². The second kappa shape index (κ2) is 3.89. The number of hydrogen-bond acceptors (Lipinski definition) is 2. The molecule has 0 spiro atoms. The number of rotatable bonds is 2. The lowest BCUT2D eigenvalue weighted by Gasteiger charge is -1.92. The summed E-state index contributed by atoms with van der Waals surface area (Å²) in [5.41, 5.74) is 6.44. The first-order valence-electron chi connectivity index (χ1n) is 2.82. The van der Waals surface area contributed by atoms with E-state index < -0.39 is 0 Å². The molecular weight excluding hydrogens is 112 g/mol. The van der Waals surface area contributed by atoms with Crippen LogP contribution in [0.1, 0.15) is 13.8 Å². The predicted molar refractivity (Wildman–Crippen MR) is 40.5 cm³/mol. The summed E-state index contributed by atoms with van der Waals surface area (Å²) >= 11 is 0. The van der Waals surface area contributed by atoms with Gasteiger partial charge in [0.1, 0.15) is 0 Å². The van der Waals surface area contributed by atoms with E-state index in [9.17, 15) is 0 Å². The molecule has 0 unspecified atom stereocenters. The van der Waals surface area contributed by atoms with E-state index in [1.807, 2.05) is 19.9 Å². The van der Waals surface area contributed by atoms with E-state index in [1.165, 1.54) is 6.20 Å². The maximum absolute atomic E-state index is 7.26. The molecule has 0 saturated carbocycles. The van der Waals surface area contributed by atoms with Crippen molar-refractivity contribution in [3.8, 4) is 0 Å². The molecule has 0 aliphatic heterocycles. The van der Waals surface area contributed by atoms with E-state index in [1.54, 1.807) is 6.08 Å². The summed E-state index contributed by atoms with van der Waals surface area (Å²) in [4.78, 5) is 0. The van der Waals surface area contributed by atoms with Gasteiger partial charge in [-0.3, -0.25) is 0 Å². The average molecular weight is 124 g/mol. The molecule has 0 aromatic rings. The standard InChI is InChI=1S/C7H12N2/c1-3-4-7(9)6(2)5-8/h3-5,9H,8H2,1-2H3/b4-3-,6-5+,9-7?. The highest BCUT2D eigenvalue weighted by molar-refractivity contribution is 6.05. The maximum Gasteiger partial charge on any atom is 0.0580 e. The molecule has 3 N–H and O–H groups in total. The van der Waals surface area contributed by atoms with Crippen LogP contribution < -0.4 is 5.73 Å². The molecule has 0 aliphatic carbocycles. The zero-order valence-electron chi connectivity index (χ0n) is 5.81. The van der Waals surface area contributed by atoms with Gasteiger partial charge < -0.3 is 11.1 Å². The third kappa shape index (κ3) is 2.69. The van der Waals surface area contributed by atoms with Gasteiger partial charge in [-0.25, -0.2) is 0 Å². The normalized spacial score (nSPS) is 12.4. The maximum atomic E-state index is 7.26. The Labute approximate surface area is 55.6 Å². The lowest BCUT2D eigenvalue weighted by Crippen LogP contribution is -1.95. The zero-order valence-corrected chi connectivity index (χ0v) is 5.81. The zero-order chi connectivity index (χ0) is 7.28. The summed E-state index contributed by atoms with van der Waals surface area (Å²) in [5.74, 6) is 0. The summed E-state index contributed by atoms with van der Waals surface area (Å²) in [6, 6.07) is 0. The minimum absolute atomic E-state index is 0.472. The lowest BCUT2D eigenvalue weighted by atomic mass is 10.2. The summed E-state index contributed by atoms with van der Waals surface area (Å²) < 4.78 is 0. The average Bonchev–Trinajstić information content (AvgIpc) is 1.87. The van der Waals surface area contributed by atoms with Crippen LogP contribution in [0.15, 0.2) is 23.9 Å². The van der Waals surface area contributed by atoms with Crippen molar-refractivity contribution in [3.05, 3.63) is 23.9 Å². The molecule has 0 saturated heterocycles. The Morgan fingerprint density at radius 3 is 2.44 bits per heavy atom. The molecule has 0 aromatic heterocycles. The second-order valence-electron chi connectivity index (χ2n) is 1.76. The predicted octanol–water partition coefficient (Wildman–Crippen LogP) is 1.44. The Morgan fingerprint density at radius 2 is 2.11 bits per heavy atom. The fourth-order valence-electron chi connectivity index (χ4n) is 0.388. The third-order valence-corrected chi connectivity index (χ3v) is 1.01. The van der Waals surface area contributed by atoms with Crippen molar-refractivity contribution in [1.29, 1.82) is 5.41 Å². The van der Waals surface area contributed by atoms with Gasteiger partial charge in [-0.05, 0) is 31.7 Å². The van der Waals surface area contributed by atoms with Crippen molar-refractivity contribution in [1.82, 2.24) is 0 Å². The molecule has 50 valence electrons. The van der Waals surface area contributed by atoms with Crippen LogP contribution in [0.5, 0.6) is 0 Å². The molecule has 9 heavy (non-hydrogen) atoms. The first-order chi connectivity index (χ1) is 4.22. The molecule has 2 heteroatoms. The van der Waals surface area contributed by atoms with Crippen molar-refractivity contribution in [2.45, 2.75) is 13.8 Å². The SMILES string of the molecule is C/C=C\C(=N)/C(C)=C/N. The molecule has 0 amide bonds. The van der Waals surface area contributed by atoms with E-state index >= 15 is 0 Å². The summed E-state index contributed by atoms with van der Waals surface area (Å²) in [5, 5.41) is 7.26. The van der Waals surface area contributed by atoms with Crippen LogP contribution in [-0.2, 0) is 0 Å². The Morgan fingerprint density at radius 1 is 1.56 bits per heavy atom. The summed E-state index contributed by atoms with van der Waals surface area (Å²) in [7, 11) is 0. The van der Waals surface area contributed by atoms with E-state index in [0.717, 1.165) is 5.57 Å². The molecule has 0 heterocycles. The number of nitrogens with two attached hydrogens (primary N) is 1. The Hall–Kier alpha value is -1.05. The highest BCUT2D eigenvalue weighted by Crippen LogP contribution is 1.92. The van der Waals surface area contributed by atoms with Crippen LogP contribution in [-0.4, -0.2) is 5.71 Å². The van der Waals surface area contributed by atoms with Gasteiger partial charge in [0.2, 0.25) is 0 Å². The molecule has 0 radical (unpaired) electrons. The van der Waals surface area contributed by atoms with Crippen molar-refractivity contribution in [3.63, 3.8) is 0 Å². The highest BCUT2D eigenvalue weighted by Gasteiger charge is 1.89. The second-order valence-corrected chi connectivity index (χ2v) is 1.76. The molecule has 0 atom stereocenters. The molecule has 0 aliphatic rings. The van der Waals surface area contributed by atoms with E-state index in [0.29, 0.717) is 5.71 Å². The summed E-state index contributed by atoms with van der Waals surface area (Å²) in [6.07, 6.45) is 4.95. The monoisotopic (exact) mass is 124 g/mol. The van der Waals surface area contributed by atoms with E-state index in [4.69, 9.17) is 11.1 Å². The van der Waals surface area contributed by atoms with E-state index in [2.05, 4.69) is 0 Å². The molecule has 2 nitrogen and oxygen atoms in total. The number of hydrogen-bond donors (Lipinski definition) is 2. The van der Waals surface area contributed by atoms with Gasteiger partial charge in [-0.1, -0.05) is 6.08 Å². The lowest BCUT2D eigenvalue weighted by molar-refractivity contribution is 1.41. The van der Waals surface area contributed by atoms with Crippen molar-refractivity contribution in [2.24, 2.45) is 5.73 Å². The Kier molecular flexibility index (Phi) is 3.44. The van der Waals surface area contributed by atoms with Crippen LogP contribution in [0.3, 0.4) is 0 Å². The van der Waals surface area contributed by atoms with Gasteiger partial charge in [0.15, 0.2) is 0 Å². The van der Waals surface area contributed by atoms with Gasteiger partial charge in [0.25, 0.3) is 0 Å². The van der Waals surface area contributed by atoms with Crippen molar-refractivity contribution < 1.29 is 0 Å². The minimum atomic E-state index is 0.472. The molecule has 0 rings (SSSR count). The molecule has 0 aromatic carbocycles. The van der Waals surface area contributed by atoms with Crippen LogP contribution in [0.4, 0.5) is 0 Å². The highest BCUT2D eigenvalue weighted by atomic mass is 14.5. The fraction of sp³-hybridized carbons (Fsp3) is 0.286. The van der Waals surface area contributed by atoms with Gasteiger partial charge >= 0.3 is 0 Å². The first-order valence-corrected chi connectivity index (χ1v) is 2.82. The van der Waals surface area contributed by atoms with Crippen LogP contribution >= 0.6 is 0 Å². The smallest absolute Gasteiger partial charge is 0.0580 e. The van der Waals surface area contributed by atoms with Gasteiger partial charge in [0, 0.05) is 0 Å². The van der Waals surface area contributed by atoms with Gasteiger partial charge in [-0.2, -0.15) is 0 Å². The van der Waals surface area contributed by atoms with Crippen molar-refractivity contribution >= 4 is 5.71 Å². The minimum Gasteiger partial charge on any atom is -0.404 e.